The van der Waals surface area contributed by atoms with Crippen molar-refractivity contribution in [1.82, 2.24) is 14.9 Å². The number of benzene rings is 1. The van der Waals surface area contributed by atoms with Gasteiger partial charge >= 0.3 is 0 Å². The second-order valence-electron chi connectivity index (χ2n) is 6.23. The van der Waals surface area contributed by atoms with Gasteiger partial charge in [-0.1, -0.05) is 6.07 Å². The topological polar surface area (TPSA) is 78.5 Å². The van der Waals surface area contributed by atoms with E-state index in [1.807, 2.05) is 7.05 Å². The summed E-state index contributed by atoms with van der Waals surface area (Å²) in [6.45, 7) is 2.61. The molecule has 0 radical (unpaired) electrons. The van der Waals surface area contributed by atoms with Crippen molar-refractivity contribution in [2.75, 3.05) is 33.2 Å². The Morgan fingerprint density at radius 1 is 1.30 bits per heavy atom. The maximum absolute atomic E-state index is 12.8. The fourth-order valence-electron chi connectivity index (χ4n) is 3.34. The number of nitrogens with one attached hydrogen (secondary N) is 2. The Balaban J connectivity index is 1.81. The van der Waals surface area contributed by atoms with Gasteiger partial charge in [-0.05, 0) is 56.5 Å². The molecule has 0 bridgehead atoms. The second kappa shape index (κ2) is 6.59. The van der Waals surface area contributed by atoms with Crippen LogP contribution in [0.4, 0.5) is 0 Å². The largest absolute Gasteiger partial charge is 0.352 e. The number of amides is 1. The lowest BCUT2D eigenvalue weighted by molar-refractivity contribution is 0.0945. The number of carbonyl (C=O) groups is 1. The normalized spacial score (nSPS) is 20.1. The minimum Gasteiger partial charge on any atom is -0.352 e. The summed E-state index contributed by atoms with van der Waals surface area (Å²) >= 11 is 0. The van der Waals surface area contributed by atoms with Crippen molar-refractivity contribution >= 4 is 15.9 Å². The number of sulfonamides is 1. The lowest BCUT2D eigenvalue weighted by Crippen LogP contribution is -2.40. The third-order valence-electron chi connectivity index (χ3n) is 4.71. The smallest absolute Gasteiger partial charge is 0.251 e. The predicted octanol–water partition coefficient (Wildman–Crippen LogP) is 0.593. The van der Waals surface area contributed by atoms with Gasteiger partial charge in [-0.3, -0.25) is 4.79 Å². The molecule has 6 nitrogen and oxygen atoms in total. The van der Waals surface area contributed by atoms with Crippen LogP contribution in [0.3, 0.4) is 0 Å². The Morgan fingerprint density at radius 2 is 2.04 bits per heavy atom. The molecule has 1 aromatic rings. The highest BCUT2D eigenvalue weighted by Gasteiger charge is 2.30. The molecule has 3 rings (SSSR count). The third kappa shape index (κ3) is 3.27. The van der Waals surface area contributed by atoms with Crippen LogP contribution in [0.25, 0.3) is 0 Å². The molecule has 2 aliphatic heterocycles. The van der Waals surface area contributed by atoms with Gasteiger partial charge in [0.1, 0.15) is 0 Å². The predicted molar refractivity (Wildman–Crippen MR) is 87.9 cm³/mol. The molecule has 1 amide bonds. The Morgan fingerprint density at radius 3 is 2.74 bits per heavy atom. The fraction of sp³-hybridized carbons (Fsp3) is 0.562. The quantitative estimate of drug-likeness (QED) is 0.843. The zero-order valence-electron chi connectivity index (χ0n) is 13.3. The molecule has 126 valence electrons. The van der Waals surface area contributed by atoms with Crippen LogP contribution in [0.15, 0.2) is 23.1 Å². The van der Waals surface area contributed by atoms with Crippen molar-refractivity contribution in [3.05, 3.63) is 29.3 Å². The first kappa shape index (κ1) is 16.4. The fourth-order valence-corrected chi connectivity index (χ4v) is 4.84. The third-order valence-corrected chi connectivity index (χ3v) is 6.60. The van der Waals surface area contributed by atoms with E-state index in [1.165, 1.54) is 6.07 Å². The molecule has 1 fully saturated rings. The standard InChI is InChI=1S/C16H23N3O3S/c1-17-11-12-5-8-19(9-6-12)23(21,22)14-3-2-13-4-7-18-16(20)15(13)10-14/h2-3,10,12,17H,4-9,11H2,1H3,(H,18,20). The number of hydrogen-bond donors (Lipinski definition) is 2. The lowest BCUT2D eigenvalue weighted by Gasteiger charge is -2.31. The summed E-state index contributed by atoms with van der Waals surface area (Å²) in [4.78, 5) is 12.2. The van der Waals surface area contributed by atoms with Gasteiger partial charge in [0.05, 0.1) is 4.90 Å². The van der Waals surface area contributed by atoms with Gasteiger partial charge in [-0.2, -0.15) is 4.31 Å². The molecule has 23 heavy (non-hydrogen) atoms. The van der Waals surface area contributed by atoms with Crippen LogP contribution in [0.2, 0.25) is 0 Å². The molecule has 0 saturated carbocycles. The van der Waals surface area contributed by atoms with Crippen molar-refractivity contribution in [2.24, 2.45) is 5.92 Å². The Labute approximate surface area is 137 Å². The van der Waals surface area contributed by atoms with Gasteiger partial charge in [-0.25, -0.2) is 8.42 Å². The molecule has 0 atom stereocenters. The Bertz CT molecular complexity index is 695. The van der Waals surface area contributed by atoms with E-state index in [-0.39, 0.29) is 10.8 Å². The molecule has 2 heterocycles. The number of hydrogen-bond acceptors (Lipinski definition) is 4. The zero-order chi connectivity index (χ0) is 16.4. The monoisotopic (exact) mass is 337 g/mol. The van der Waals surface area contributed by atoms with Gasteiger partial charge in [-0.15, -0.1) is 0 Å². The first-order valence-electron chi connectivity index (χ1n) is 8.08. The summed E-state index contributed by atoms with van der Waals surface area (Å²) in [6.07, 6.45) is 2.48. The second-order valence-corrected chi connectivity index (χ2v) is 8.17. The van der Waals surface area contributed by atoms with Crippen molar-refractivity contribution in [3.63, 3.8) is 0 Å². The molecule has 1 saturated heterocycles. The first-order valence-corrected chi connectivity index (χ1v) is 9.52. The van der Waals surface area contributed by atoms with Crippen LogP contribution >= 0.6 is 0 Å². The molecule has 0 spiro atoms. The molecule has 0 unspecified atom stereocenters. The van der Waals surface area contributed by atoms with E-state index in [2.05, 4.69) is 10.6 Å². The summed E-state index contributed by atoms with van der Waals surface area (Å²) in [7, 11) is -1.61. The number of piperidine rings is 1. The van der Waals surface area contributed by atoms with Crippen LogP contribution < -0.4 is 10.6 Å². The van der Waals surface area contributed by atoms with Crippen LogP contribution in [0, 0.1) is 5.92 Å². The number of rotatable bonds is 4. The number of nitrogens with zero attached hydrogens (tertiary/aromatic N) is 1. The van der Waals surface area contributed by atoms with Crippen LogP contribution in [0.5, 0.6) is 0 Å². The van der Waals surface area contributed by atoms with E-state index in [4.69, 9.17) is 0 Å². The van der Waals surface area contributed by atoms with E-state index in [0.29, 0.717) is 31.1 Å². The van der Waals surface area contributed by atoms with E-state index in [9.17, 15) is 13.2 Å². The number of carbonyl (C=O) groups excluding carboxylic acids is 1. The van der Waals surface area contributed by atoms with E-state index in [0.717, 1.165) is 31.4 Å². The minimum absolute atomic E-state index is 0.184. The maximum Gasteiger partial charge on any atom is 0.251 e. The molecule has 2 N–H and O–H groups in total. The molecule has 7 heteroatoms. The molecular weight excluding hydrogens is 314 g/mol. The van der Waals surface area contributed by atoms with Gasteiger partial charge < -0.3 is 10.6 Å². The highest BCUT2D eigenvalue weighted by molar-refractivity contribution is 7.89. The highest BCUT2D eigenvalue weighted by atomic mass is 32.2. The van der Waals surface area contributed by atoms with Crippen LogP contribution in [0.1, 0.15) is 28.8 Å². The van der Waals surface area contributed by atoms with Crippen molar-refractivity contribution < 1.29 is 13.2 Å². The van der Waals surface area contributed by atoms with Gasteiger partial charge in [0.25, 0.3) is 5.91 Å². The molecule has 1 aromatic carbocycles. The van der Waals surface area contributed by atoms with Crippen molar-refractivity contribution in [3.8, 4) is 0 Å². The maximum atomic E-state index is 12.8. The summed E-state index contributed by atoms with van der Waals surface area (Å²) in [5.74, 6) is 0.344. The van der Waals surface area contributed by atoms with Gasteiger partial charge in [0.15, 0.2) is 0 Å². The summed E-state index contributed by atoms with van der Waals surface area (Å²) < 4.78 is 27.2. The lowest BCUT2D eigenvalue weighted by atomic mass is 9.98. The van der Waals surface area contributed by atoms with E-state index < -0.39 is 10.0 Å². The van der Waals surface area contributed by atoms with Gasteiger partial charge in [0, 0.05) is 25.2 Å². The molecular formula is C16H23N3O3S. The van der Waals surface area contributed by atoms with E-state index >= 15 is 0 Å². The average Bonchev–Trinajstić information content (AvgIpc) is 2.56. The Kier molecular flexibility index (Phi) is 4.70. The molecule has 0 aliphatic carbocycles. The SMILES string of the molecule is CNCC1CCN(S(=O)(=O)c2ccc3c(c2)C(=O)NCC3)CC1. The van der Waals surface area contributed by atoms with Crippen molar-refractivity contribution in [2.45, 2.75) is 24.2 Å². The summed E-state index contributed by atoms with van der Waals surface area (Å²) in [5.41, 5.74) is 1.41. The Hall–Kier alpha value is -1.44. The average molecular weight is 337 g/mol. The molecule has 0 aromatic heterocycles. The highest BCUT2D eigenvalue weighted by Crippen LogP contribution is 2.26. The molecule has 2 aliphatic rings. The van der Waals surface area contributed by atoms with Crippen molar-refractivity contribution in [1.29, 1.82) is 0 Å². The first-order chi connectivity index (χ1) is 11.0. The minimum atomic E-state index is -3.52. The van der Waals surface area contributed by atoms with E-state index in [1.54, 1.807) is 16.4 Å². The summed E-state index contributed by atoms with van der Waals surface area (Å²) in [5, 5.41) is 5.91. The van der Waals surface area contributed by atoms with Gasteiger partial charge in [0.2, 0.25) is 10.0 Å². The summed E-state index contributed by atoms with van der Waals surface area (Å²) in [6, 6.07) is 4.93. The van der Waals surface area contributed by atoms with Crippen LogP contribution in [-0.2, 0) is 16.4 Å². The number of fused-ring (bicyclic) bond motifs is 1. The van der Waals surface area contributed by atoms with Crippen LogP contribution in [-0.4, -0.2) is 51.9 Å². The zero-order valence-corrected chi connectivity index (χ0v) is 14.2.